The fourth-order valence-corrected chi connectivity index (χ4v) is 4.35. The van der Waals surface area contributed by atoms with Crippen LogP contribution in [0.1, 0.15) is 26.7 Å². The minimum atomic E-state index is 0.0916. The van der Waals surface area contributed by atoms with E-state index in [2.05, 4.69) is 58.6 Å². The summed E-state index contributed by atoms with van der Waals surface area (Å²) in [5, 5.41) is 16.9. The van der Waals surface area contributed by atoms with Crippen LogP contribution in [0.5, 0.6) is 0 Å². The van der Waals surface area contributed by atoms with Crippen LogP contribution >= 0.6 is 0 Å². The molecule has 1 aromatic heterocycles. The van der Waals surface area contributed by atoms with Crippen molar-refractivity contribution in [3.05, 3.63) is 59.7 Å². The van der Waals surface area contributed by atoms with Crippen LogP contribution in [0.25, 0.3) is 11.1 Å². The fourth-order valence-electron chi connectivity index (χ4n) is 4.35. The lowest BCUT2D eigenvalue weighted by atomic mass is 9.94. The van der Waals surface area contributed by atoms with Gasteiger partial charge in [-0.2, -0.15) is 10.4 Å². The highest BCUT2D eigenvalue weighted by Gasteiger charge is 2.31. The molecule has 7 nitrogen and oxygen atoms in total. The molecular weight excluding hydrogens is 388 g/mol. The van der Waals surface area contributed by atoms with E-state index in [4.69, 9.17) is 5.26 Å². The van der Waals surface area contributed by atoms with Crippen molar-refractivity contribution >= 4 is 11.6 Å². The summed E-state index contributed by atoms with van der Waals surface area (Å²) in [5.74, 6) is 0.0916. The van der Waals surface area contributed by atoms with Crippen molar-refractivity contribution in [2.45, 2.75) is 32.7 Å². The first-order valence-corrected chi connectivity index (χ1v) is 10.7. The molecule has 2 aliphatic rings. The number of nitrogens with zero attached hydrogens (tertiary/aromatic N) is 5. The monoisotopic (exact) mass is 416 g/mol. The zero-order valence-electron chi connectivity index (χ0n) is 18.3. The van der Waals surface area contributed by atoms with Gasteiger partial charge in [-0.05, 0) is 30.7 Å². The molecule has 1 atom stereocenters. The van der Waals surface area contributed by atoms with Gasteiger partial charge in [-0.1, -0.05) is 12.1 Å². The Morgan fingerprint density at radius 2 is 2.06 bits per heavy atom. The molecular formula is C24H28N6O. The van der Waals surface area contributed by atoms with Crippen LogP contribution in [0.4, 0.5) is 5.69 Å². The first kappa shape index (κ1) is 20.7. The third-order valence-corrected chi connectivity index (χ3v) is 6.00. The molecule has 0 radical (unpaired) electrons. The number of amides is 1. The summed E-state index contributed by atoms with van der Waals surface area (Å²) in [6.45, 7) is 5.80. The van der Waals surface area contributed by atoms with Gasteiger partial charge in [-0.25, -0.2) is 0 Å². The maximum atomic E-state index is 12.0. The van der Waals surface area contributed by atoms with Gasteiger partial charge in [0.25, 0.3) is 0 Å². The second kappa shape index (κ2) is 8.68. The minimum absolute atomic E-state index is 0.0916. The first-order valence-electron chi connectivity index (χ1n) is 10.7. The van der Waals surface area contributed by atoms with E-state index in [0.29, 0.717) is 19.5 Å². The van der Waals surface area contributed by atoms with Crippen molar-refractivity contribution in [1.82, 2.24) is 19.6 Å². The van der Waals surface area contributed by atoms with Crippen LogP contribution in [0.15, 0.2) is 59.7 Å². The number of nitrogens with one attached hydrogen (secondary N) is 1. The highest BCUT2D eigenvalue weighted by molar-refractivity contribution is 5.74. The van der Waals surface area contributed by atoms with Crippen molar-refractivity contribution in [2.24, 2.45) is 7.05 Å². The van der Waals surface area contributed by atoms with Crippen molar-refractivity contribution in [3.63, 3.8) is 0 Å². The maximum Gasteiger partial charge on any atom is 0.219 e. The molecule has 0 spiro atoms. The molecule has 31 heavy (non-hydrogen) atoms. The highest BCUT2D eigenvalue weighted by atomic mass is 16.2. The minimum Gasteiger partial charge on any atom is -0.367 e. The molecule has 1 aromatic carbocycles. The molecule has 0 unspecified atom stereocenters. The number of rotatable bonds is 5. The summed E-state index contributed by atoms with van der Waals surface area (Å²) in [4.78, 5) is 16.2. The van der Waals surface area contributed by atoms with Gasteiger partial charge in [0.2, 0.25) is 5.91 Å². The van der Waals surface area contributed by atoms with Crippen LogP contribution in [0, 0.1) is 11.3 Å². The number of benzene rings is 1. The van der Waals surface area contributed by atoms with E-state index in [0.717, 1.165) is 41.1 Å². The number of hydrogen-bond donors (Lipinski definition) is 1. The van der Waals surface area contributed by atoms with Crippen LogP contribution in [0.2, 0.25) is 0 Å². The summed E-state index contributed by atoms with van der Waals surface area (Å²) in [6.07, 6.45) is 7.36. The third kappa shape index (κ3) is 4.33. The van der Waals surface area contributed by atoms with Gasteiger partial charge in [-0.15, -0.1) is 0 Å². The van der Waals surface area contributed by atoms with Crippen molar-refractivity contribution in [1.29, 1.82) is 5.26 Å². The number of carbonyl (C=O) groups excluding carboxylic acids is 1. The van der Waals surface area contributed by atoms with Crippen molar-refractivity contribution < 1.29 is 4.79 Å². The Kier molecular flexibility index (Phi) is 5.81. The molecule has 0 saturated carbocycles. The molecule has 0 bridgehead atoms. The molecule has 7 heteroatoms. The SMILES string of the molecule is CC(=O)N1CCC2=C(C1)C(Nc1ccc(-c3cnn(C)c3)cc1)=C[C@H](C)N2CCC#N. The van der Waals surface area contributed by atoms with E-state index in [1.807, 2.05) is 24.3 Å². The van der Waals surface area contributed by atoms with Gasteiger partial charge in [-0.3, -0.25) is 9.48 Å². The van der Waals surface area contributed by atoms with Crippen molar-refractivity contribution in [3.8, 4) is 17.2 Å². The molecule has 2 aromatic rings. The zero-order valence-corrected chi connectivity index (χ0v) is 18.3. The number of carbonyl (C=O) groups is 1. The molecule has 0 saturated heterocycles. The summed E-state index contributed by atoms with van der Waals surface area (Å²) >= 11 is 0. The molecule has 160 valence electrons. The zero-order chi connectivity index (χ0) is 22.0. The smallest absolute Gasteiger partial charge is 0.219 e. The van der Waals surface area contributed by atoms with Gasteiger partial charge in [0.05, 0.1) is 18.7 Å². The number of aromatic nitrogens is 2. The molecule has 4 rings (SSSR count). The van der Waals surface area contributed by atoms with Crippen LogP contribution in [-0.2, 0) is 11.8 Å². The fraction of sp³-hybridized carbons (Fsp3) is 0.375. The molecule has 2 aliphatic heterocycles. The molecule has 1 amide bonds. The summed E-state index contributed by atoms with van der Waals surface area (Å²) in [5.41, 5.74) is 6.65. The highest BCUT2D eigenvalue weighted by Crippen LogP contribution is 2.34. The average molecular weight is 417 g/mol. The second-order valence-corrected chi connectivity index (χ2v) is 8.14. The Balaban J connectivity index is 1.59. The van der Waals surface area contributed by atoms with Gasteiger partial charge < -0.3 is 15.1 Å². The van der Waals surface area contributed by atoms with E-state index in [1.54, 1.807) is 11.6 Å². The first-order chi connectivity index (χ1) is 15.0. The van der Waals surface area contributed by atoms with Gasteiger partial charge in [0.1, 0.15) is 0 Å². The summed E-state index contributed by atoms with van der Waals surface area (Å²) in [7, 11) is 1.91. The van der Waals surface area contributed by atoms with Gasteiger partial charge >= 0.3 is 0 Å². The van der Waals surface area contributed by atoms with E-state index >= 15 is 0 Å². The number of nitriles is 1. The molecule has 1 N–H and O–H groups in total. The van der Waals surface area contributed by atoms with E-state index in [-0.39, 0.29) is 11.9 Å². The van der Waals surface area contributed by atoms with Crippen molar-refractivity contribution in [2.75, 3.05) is 25.0 Å². The second-order valence-electron chi connectivity index (χ2n) is 8.14. The normalized spacial score (nSPS) is 18.4. The van der Waals surface area contributed by atoms with E-state index < -0.39 is 0 Å². The average Bonchev–Trinajstić information content (AvgIpc) is 3.20. The lowest BCUT2D eigenvalue weighted by Gasteiger charge is -2.42. The lowest BCUT2D eigenvalue weighted by molar-refractivity contribution is -0.128. The van der Waals surface area contributed by atoms with E-state index in [1.165, 1.54) is 5.70 Å². The van der Waals surface area contributed by atoms with Crippen LogP contribution in [-0.4, -0.2) is 51.2 Å². The lowest BCUT2D eigenvalue weighted by Crippen LogP contribution is -2.45. The number of anilines is 1. The Bertz CT molecular complexity index is 1070. The van der Waals surface area contributed by atoms with Crippen LogP contribution < -0.4 is 5.32 Å². The Morgan fingerprint density at radius 3 is 2.71 bits per heavy atom. The quantitative estimate of drug-likeness (QED) is 0.807. The Morgan fingerprint density at radius 1 is 1.29 bits per heavy atom. The summed E-state index contributed by atoms with van der Waals surface area (Å²) < 4.78 is 1.80. The molecule has 0 fully saturated rings. The standard InChI is InChI=1S/C24H28N6O/c1-17-13-23(27-21-7-5-19(6-8-21)20-14-26-28(3)15-20)22-16-29(18(2)31)12-9-24(22)30(17)11-4-10-25/h5-8,13-15,17,27H,4,9,11-12,16H2,1-3H3/t17-/m0/s1. The van der Waals surface area contributed by atoms with Crippen LogP contribution in [0.3, 0.4) is 0 Å². The Hall–Kier alpha value is -3.53. The largest absolute Gasteiger partial charge is 0.367 e. The third-order valence-electron chi connectivity index (χ3n) is 6.00. The Labute approximate surface area is 183 Å². The van der Waals surface area contributed by atoms with Gasteiger partial charge in [0.15, 0.2) is 0 Å². The number of aryl methyl sites for hydroxylation is 1. The predicted molar refractivity (Wildman–Crippen MR) is 121 cm³/mol. The molecule has 3 heterocycles. The topological polar surface area (TPSA) is 77.2 Å². The number of hydrogen-bond acceptors (Lipinski definition) is 5. The molecule has 0 aliphatic carbocycles. The van der Waals surface area contributed by atoms with E-state index in [9.17, 15) is 4.79 Å². The predicted octanol–water partition coefficient (Wildman–Crippen LogP) is 3.51. The summed E-state index contributed by atoms with van der Waals surface area (Å²) in [6, 6.07) is 10.8. The maximum absolute atomic E-state index is 12.0. The van der Waals surface area contributed by atoms with Gasteiger partial charge in [0, 0.05) is 80.5 Å².